The summed E-state index contributed by atoms with van der Waals surface area (Å²) >= 11 is 0. The Labute approximate surface area is 121 Å². The molecule has 0 aromatic heterocycles. The number of nitrogens with zero attached hydrogens (tertiary/aromatic N) is 1. The molecule has 2 aliphatic rings. The highest BCUT2D eigenvalue weighted by atomic mass is 32.2. The Bertz CT molecular complexity index is 405. The SMILES string of the molecule is CC1CN(S(=O)(=O)NCC2CCCC2CO)CC(C)O1. The minimum atomic E-state index is -3.45. The lowest BCUT2D eigenvalue weighted by atomic mass is 9.97. The smallest absolute Gasteiger partial charge is 0.279 e. The summed E-state index contributed by atoms with van der Waals surface area (Å²) < 4.78 is 34.4. The van der Waals surface area contributed by atoms with Crippen molar-refractivity contribution >= 4 is 10.2 Å². The molecule has 1 aliphatic heterocycles. The molecular weight excluding hydrogens is 280 g/mol. The minimum absolute atomic E-state index is 0.0769. The van der Waals surface area contributed by atoms with Gasteiger partial charge in [-0.05, 0) is 38.5 Å². The van der Waals surface area contributed by atoms with Crippen molar-refractivity contribution in [2.24, 2.45) is 11.8 Å². The van der Waals surface area contributed by atoms with Crippen LogP contribution in [0.3, 0.4) is 0 Å². The van der Waals surface area contributed by atoms with Crippen molar-refractivity contribution in [1.29, 1.82) is 0 Å². The normalized spacial score (nSPS) is 36.4. The molecule has 20 heavy (non-hydrogen) atoms. The second-order valence-electron chi connectivity index (χ2n) is 6.06. The maximum atomic E-state index is 12.3. The van der Waals surface area contributed by atoms with Crippen LogP contribution >= 0.6 is 0 Å². The fraction of sp³-hybridized carbons (Fsp3) is 1.00. The van der Waals surface area contributed by atoms with Crippen molar-refractivity contribution in [3.05, 3.63) is 0 Å². The molecule has 0 amide bonds. The standard InChI is InChI=1S/C13H26N2O4S/c1-10-7-15(8-11(2)19-10)20(17,18)14-6-12-4-3-5-13(12)9-16/h10-14,16H,3-9H2,1-2H3. The number of hydrogen-bond donors (Lipinski definition) is 2. The lowest BCUT2D eigenvalue weighted by Gasteiger charge is -2.34. The zero-order valence-corrected chi connectivity index (χ0v) is 13.1. The van der Waals surface area contributed by atoms with E-state index in [9.17, 15) is 13.5 Å². The van der Waals surface area contributed by atoms with Gasteiger partial charge >= 0.3 is 0 Å². The summed E-state index contributed by atoms with van der Waals surface area (Å²) in [5.41, 5.74) is 0. The maximum Gasteiger partial charge on any atom is 0.279 e. The number of ether oxygens (including phenoxy) is 1. The molecule has 0 spiro atoms. The van der Waals surface area contributed by atoms with Gasteiger partial charge in [-0.15, -0.1) is 0 Å². The fourth-order valence-electron chi connectivity index (χ4n) is 3.25. The van der Waals surface area contributed by atoms with Crippen LogP contribution in [0.1, 0.15) is 33.1 Å². The molecule has 0 radical (unpaired) electrons. The number of morpholine rings is 1. The van der Waals surface area contributed by atoms with Gasteiger partial charge in [0.15, 0.2) is 0 Å². The van der Waals surface area contributed by atoms with Gasteiger partial charge in [-0.1, -0.05) is 6.42 Å². The first-order valence-corrected chi connectivity index (χ1v) is 8.87. The van der Waals surface area contributed by atoms with Crippen molar-refractivity contribution < 1.29 is 18.3 Å². The third kappa shape index (κ3) is 3.92. The Morgan fingerprint density at radius 1 is 1.20 bits per heavy atom. The summed E-state index contributed by atoms with van der Waals surface area (Å²) in [6, 6.07) is 0. The van der Waals surface area contributed by atoms with E-state index in [1.807, 2.05) is 13.8 Å². The number of nitrogens with one attached hydrogen (secondary N) is 1. The average molecular weight is 306 g/mol. The van der Waals surface area contributed by atoms with E-state index < -0.39 is 10.2 Å². The van der Waals surface area contributed by atoms with Crippen molar-refractivity contribution in [2.75, 3.05) is 26.2 Å². The number of aliphatic hydroxyl groups excluding tert-OH is 1. The largest absolute Gasteiger partial charge is 0.396 e. The summed E-state index contributed by atoms with van der Waals surface area (Å²) in [4.78, 5) is 0. The molecule has 1 saturated carbocycles. The lowest BCUT2D eigenvalue weighted by molar-refractivity contribution is -0.0444. The quantitative estimate of drug-likeness (QED) is 0.768. The van der Waals surface area contributed by atoms with Crippen molar-refractivity contribution in [1.82, 2.24) is 9.03 Å². The minimum Gasteiger partial charge on any atom is -0.396 e. The Morgan fingerprint density at radius 3 is 2.40 bits per heavy atom. The van der Waals surface area contributed by atoms with Crippen LogP contribution in [0.4, 0.5) is 0 Å². The molecular formula is C13H26N2O4S. The molecule has 2 N–H and O–H groups in total. The van der Waals surface area contributed by atoms with E-state index in [1.165, 1.54) is 4.31 Å². The molecule has 2 rings (SSSR count). The average Bonchev–Trinajstić information content (AvgIpc) is 2.82. The Morgan fingerprint density at radius 2 is 1.80 bits per heavy atom. The number of aliphatic hydroxyl groups is 1. The zero-order chi connectivity index (χ0) is 14.8. The summed E-state index contributed by atoms with van der Waals surface area (Å²) in [7, 11) is -3.45. The van der Waals surface area contributed by atoms with E-state index in [0.29, 0.717) is 19.6 Å². The molecule has 2 fully saturated rings. The lowest BCUT2D eigenvalue weighted by Crippen LogP contribution is -2.52. The highest BCUT2D eigenvalue weighted by molar-refractivity contribution is 7.87. The predicted molar refractivity (Wildman–Crippen MR) is 76.4 cm³/mol. The van der Waals surface area contributed by atoms with Crippen molar-refractivity contribution in [3.63, 3.8) is 0 Å². The van der Waals surface area contributed by atoms with Gasteiger partial charge in [0, 0.05) is 26.2 Å². The third-order valence-electron chi connectivity index (χ3n) is 4.30. The Hall–Kier alpha value is -0.210. The second-order valence-corrected chi connectivity index (χ2v) is 7.82. The highest BCUT2D eigenvalue weighted by Crippen LogP contribution is 2.30. The Balaban J connectivity index is 1.90. The maximum absolute atomic E-state index is 12.3. The molecule has 7 heteroatoms. The first-order valence-electron chi connectivity index (χ1n) is 7.43. The number of rotatable bonds is 5. The molecule has 1 heterocycles. The molecule has 1 saturated heterocycles. The van der Waals surface area contributed by atoms with E-state index in [-0.39, 0.29) is 30.7 Å². The van der Waals surface area contributed by atoms with Gasteiger partial charge in [-0.2, -0.15) is 12.7 Å². The first-order chi connectivity index (χ1) is 9.42. The van der Waals surface area contributed by atoms with E-state index in [2.05, 4.69) is 4.72 Å². The van der Waals surface area contributed by atoms with Crippen molar-refractivity contribution in [2.45, 2.75) is 45.3 Å². The van der Waals surface area contributed by atoms with Gasteiger partial charge in [0.2, 0.25) is 0 Å². The third-order valence-corrected chi connectivity index (χ3v) is 5.81. The second kappa shape index (κ2) is 6.70. The van der Waals surface area contributed by atoms with Gasteiger partial charge < -0.3 is 9.84 Å². The monoisotopic (exact) mass is 306 g/mol. The zero-order valence-electron chi connectivity index (χ0n) is 12.3. The summed E-state index contributed by atoms with van der Waals surface area (Å²) in [5, 5.41) is 9.28. The molecule has 0 aromatic rings. The van der Waals surface area contributed by atoms with E-state index in [4.69, 9.17) is 4.74 Å². The van der Waals surface area contributed by atoms with Gasteiger partial charge in [-0.3, -0.25) is 0 Å². The fourth-order valence-corrected chi connectivity index (χ4v) is 4.67. The van der Waals surface area contributed by atoms with E-state index in [1.54, 1.807) is 0 Å². The summed E-state index contributed by atoms with van der Waals surface area (Å²) in [6.07, 6.45) is 2.90. The van der Waals surface area contributed by atoms with Gasteiger partial charge in [0.1, 0.15) is 0 Å². The van der Waals surface area contributed by atoms with Crippen LogP contribution in [0.2, 0.25) is 0 Å². The predicted octanol–water partition coefficient (Wildman–Crippen LogP) is 0.339. The molecule has 4 atom stereocenters. The molecule has 0 aromatic carbocycles. The molecule has 4 unspecified atom stereocenters. The van der Waals surface area contributed by atoms with Crippen LogP contribution in [0, 0.1) is 11.8 Å². The van der Waals surface area contributed by atoms with E-state index in [0.717, 1.165) is 19.3 Å². The van der Waals surface area contributed by atoms with Gasteiger partial charge in [-0.25, -0.2) is 4.72 Å². The first kappa shape index (κ1) is 16.2. The van der Waals surface area contributed by atoms with Crippen LogP contribution in [-0.2, 0) is 14.9 Å². The van der Waals surface area contributed by atoms with Crippen LogP contribution in [0.5, 0.6) is 0 Å². The topological polar surface area (TPSA) is 78.9 Å². The molecule has 0 bridgehead atoms. The van der Waals surface area contributed by atoms with Gasteiger partial charge in [0.25, 0.3) is 10.2 Å². The molecule has 1 aliphatic carbocycles. The molecule has 118 valence electrons. The molecule has 6 nitrogen and oxygen atoms in total. The van der Waals surface area contributed by atoms with Gasteiger partial charge in [0.05, 0.1) is 12.2 Å². The van der Waals surface area contributed by atoms with Crippen molar-refractivity contribution in [3.8, 4) is 0 Å². The van der Waals surface area contributed by atoms with E-state index >= 15 is 0 Å². The van der Waals surface area contributed by atoms with Crippen LogP contribution in [0.15, 0.2) is 0 Å². The highest BCUT2D eigenvalue weighted by Gasteiger charge is 2.33. The Kier molecular flexibility index (Phi) is 5.42. The van der Waals surface area contributed by atoms with Crippen LogP contribution in [-0.4, -0.2) is 56.3 Å². The van der Waals surface area contributed by atoms with Crippen LogP contribution in [0.25, 0.3) is 0 Å². The number of hydrogen-bond acceptors (Lipinski definition) is 4. The van der Waals surface area contributed by atoms with Crippen LogP contribution < -0.4 is 4.72 Å². The summed E-state index contributed by atoms with van der Waals surface area (Å²) in [5.74, 6) is 0.492. The summed E-state index contributed by atoms with van der Waals surface area (Å²) in [6.45, 7) is 5.14.